The van der Waals surface area contributed by atoms with Gasteiger partial charge in [-0.05, 0) is 12.8 Å². The fourth-order valence-electron chi connectivity index (χ4n) is 2.16. The number of nitrogens with zero attached hydrogens (tertiary/aromatic N) is 2. The van der Waals surface area contributed by atoms with E-state index in [1.807, 2.05) is 0 Å². The number of carbonyl (C=O) groups is 1. The van der Waals surface area contributed by atoms with Crippen LogP contribution in [0.4, 0.5) is 0 Å². The van der Waals surface area contributed by atoms with Crippen molar-refractivity contribution in [2.24, 2.45) is 11.1 Å². The molecule has 2 rings (SSSR count). The van der Waals surface area contributed by atoms with Gasteiger partial charge in [0, 0.05) is 0 Å². The SMILES string of the molecule is NC(=S)C1(C(=O)NCc2ncon2)CCCC1. The highest BCUT2D eigenvalue weighted by atomic mass is 32.1. The number of aromatic nitrogens is 2. The van der Waals surface area contributed by atoms with Gasteiger partial charge in [0.05, 0.1) is 16.9 Å². The number of hydrogen-bond acceptors (Lipinski definition) is 5. The van der Waals surface area contributed by atoms with E-state index in [2.05, 4.69) is 20.0 Å². The zero-order chi connectivity index (χ0) is 12.3. The molecule has 92 valence electrons. The van der Waals surface area contributed by atoms with Crippen LogP contribution in [0, 0.1) is 5.41 Å². The summed E-state index contributed by atoms with van der Waals surface area (Å²) in [5.41, 5.74) is 5.02. The Labute approximate surface area is 104 Å². The fourth-order valence-corrected chi connectivity index (χ4v) is 2.46. The normalized spacial score (nSPS) is 17.9. The average molecular weight is 254 g/mol. The van der Waals surface area contributed by atoms with Crippen molar-refractivity contribution in [3.63, 3.8) is 0 Å². The van der Waals surface area contributed by atoms with E-state index < -0.39 is 5.41 Å². The summed E-state index contributed by atoms with van der Waals surface area (Å²) in [5, 5.41) is 6.38. The molecule has 1 saturated carbocycles. The first-order valence-corrected chi connectivity index (χ1v) is 5.89. The van der Waals surface area contributed by atoms with Crippen molar-refractivity contribution in [2.45, 2.75) is 32.2 Å². The summed E-state index contributed by atoms with van der Waals surface area (Å²) in [5.74, 6) is 0.307. The molecule has 1 heterocycles. The minimum atomic E-state index is -0.681. The van der Waals surface area contributed by atoms with E-state index in [4.69, 9.17) is 18.0 Å². The van der Waals surface area contributed by atoms with Gasteiger partial charge in [-0.2, -0.15) is 4.98 Å². The van der Waals surface area contributed by atoms with Gasteiger partial charge in [0.2, 0.25) is 12.3 Å². The molecule has 17 heavy (non-hydrogen) atoms. The van der Waals surface area contributed by atoms with Crippen molar-refractivity contribution in [1.82, 2.24) is 15.5 Å². The van der Waals surface area contributed by atoms with E-state index in [1.54, 1.807) is 0 Å². The lowest BCUT2D eigenvalue weighted by Crippen LogP contribution is -2.47. The zero-order valence-electron chi connectivity index (χ0n) is 9.31. The summed E-state index contributed by atoms with van der Waals surface area (Å²) in [6.07, 6.45) is 4.63. The van der Waals surface area contributed by atoms with Crippen molar-refractivity contribution >= 4 is 23.1 Å². The van der Waals surface area contributed by atoms with E-state index in [0.717, 1.165) is 25.7 Å². The first-order chi connectivity index (χ1) is 8.15. The summed E-state index contributed by atoms with van der Waals surface area (Å²) in [7, 11) is 0. The Bertz CT molecular complexity index is 412. The van der Waals surface area contributed by atoms with E-state index in [0.29, 0.717) is 5.82 Å². The molecular weight excluding hydrogens is 240 g/mol. The number of amides is 1. The van der Waals surface area contributed by atoms with Gasteiger partial charge in [0.1, 0.15) is 0 Å². The average Bonchev–Trinajstić information content (AvgIpc) is 2.97. The third-order valence-corrected chi connectivity index (χ3v) is 3.57. The number of nitrogens with two attached hydrogens (primary N) is 1. The van der Waals surface area contributed by atoms with Crippen molar-refractivity contribution in [3.05, 3.63) is 12.2 Å². The third-order valence-electron chi connectivity index (χ3n) is 3.18. The van der Waals surface area contributed by atoms with Crippen LogP contribution in [0.1, 0.15) is 31.5 Å². The number of hydrogen-bond donors (Lipinski definition) is 2. The Kier molecular flexibility index (Phi) is 3.37. The largest absolute Gasteiger partial charge is 0.392 e. The maximum atomic E-state index is 12.1. The molecule has 6 nitrogen and oxygen atoms in total. The molecule has 0 bridgehead atoms. The van der Waals surface area contributed by atoms with Gasteiger partial charge in [0.25, 0.3) is 0 Å². The van der Waals surface area contributed by atoms with E-state index in [9.17, 15) is 4.79 Å². The summed E-state index contributed by atoms with van der Waals surface area (Å²) in [6.45, 7) is 0.236. The van der Waals surface area contributed by atoms with Crippen LogP contribution in [0.2, 0.25) is 0 Å². The second-order valence-electron chi connectivity index (χ2n) is 4.18. The summed E-state index contributed by atoms with van der Waals surface area (Å²) >= 11 is 5.03. The standard InChI is InChI=1S/C10H14N4O2S/c11-8(17)10(3-1-2-4-10)9(15)12-5-7-13-6-16-14-7/h6H,1-5H2,(H2,11,17)(H,12,15). The lowest BCUT2D eigenvalue weighted by Gasteiger charge is -2.25. The predicted molar refractivity (Wildman–Crippen MR) is 63.8 cm³/mol. The molecule has 0 aromatic carbocycles. The van der Waals surface area contributed by atoms with Crippen LogP contribution in [0.25, 0.3) is 0 Å². The minimum Gasteiger partial charge on any atom is -0.392 e. The van der Waals surface area contributed by atoms with Crippen molar-refractivity contribution in [3.8, 4) is 0 Å². The van der Waals surface area contributed by atoms with E-state index in [1.165, 1.54) is 6.39 Å². The summed E-state index contributed by atoms with van der Waals surface area (Å²) in [6, 6.07) is 0. The summed E-state index contributed by atoms with van der Waals surface area (Å²) in [4.78, 5) is 16.2. The van der Waals surface area contributed by atoms with Crippen LogP contribution >= 0.6 is 12.2 Å². The van der Waals surface area contributed by atoms with Crippen LogP contribution < -0.4 is 11.1 Å². The zero-order valence-corrected chi connectivity index (χ0v) is 10.1. The fraction of sp³-hybridized carbons (Fsp3) is 0.600. The maximum absolute atomic E-state index is 12.1. The molecule has 1 aliphatic carbocycles. The molecule has 1 amide bonds. The highest BCUT2D eigenvalue weighted by molar-refractivity contribution is 7.80. The van der Waals surface area contributed by atoms with Gasteiger partial charge < -0.3 is 15.6 Å². The maximum Gasteiger partial charge on any atom is 0.233 e. The molecule has 0 aliphatic heterocycles. The smallest absolute Gasteiger partial charge is 0.233 e. The monoisotopic (exact) mass is 254 g/mol. The third kappa shape index (κ3) is 2.28. The van der Waals surface area contributed by atoms with Crippen molar-refractivity contribution in [1.29, 1.82) is 0 Å². The Morgan fingerprint density at radius 1 is 1.59 bits per heavy atom. The van der Waals surface area contributed by atoms with Crippen LogP contribution in [0.3, 0.4) is 0 Å². The topological polar surface area (TPSA) is 94.0 Å². The molecule has 1 aliphatic rings. The lowest BCUT2D eigenvalue weighted by atomic mass is 9.85. The van der Waals surface area contributed by atoms with Crippen molar-refractivity contribution in [2.75, 3.05) is 0 Å². The molecule has 0 atom stereocenters. The Morgan fingerprint density at radius 2 is 2.29 bits per heavy atom. The van der Waals surface area contributed by atoms with Gasteiger partial charge in [0.15, 0.2) is 5.82 Å². The number of rotatable bonds is 4. The minimum absolute atomic E-state index is 0.132. The second-order valence-corrected chi connectivity index (χ2v) is 4.62. The van der Waals surface area contributed by atoms with Crippen LogP contribution in [-0.2, 0) is 11.3 Å². The van der Waals surface area contributed by atoms with Crippen molar-refractivity contribution < 1.29 is 9.32 Å². The molecule has 1 aromatic heterocycles. The molecule has 1 aromatic rings. The van der Waals surface area contributed by atoms with Crippen LogP contribution in [0.5, 0.6) is 0 Å². The second kappa shape index (κ2) is 4.79. The van der Waals surface area contributed by atoms with E-state index >= 15 is 0 Å². The molecule has 0 unspecified atom stereocenters. The predicted octanol–water partition coefficient (Wildman–Crippen LogP) is 0.532. The molecule has 3 N–H and O–H groups in total. The molecular formula is C10H14N4O2S. The first kappa shape index (κ1) is 12.0. The molecule has 1 fully saturated rings. The Balaban J connectivity index is 2.00. The molecule has 0 saturated heterocycles. The van der Waals surface area contributed by atoms with E-state index in [-0.39, 0.29) is 17.4 Å². The lowest BCUT2D eigenvalue weighted by molar-refractivity contribution is -0.127. The van der Waals surface area contributed by atoms with Gasteiger partial charge in [-0.1, -0.05) is 30.2 Å². The highest BCUT2D eigenvalue weighted by Crippen LogP contribution is 2.38. The van der Waals surface area contributed by atoms with Gasteiger partial charge in [-0.3, -0.25) is 4.79 Å². The van der Waals surface area contributed by atoms with Gasteiger partial charge in [-0.25, -0.2) is 0 Å². The number of nitrogens with one attached hydrogen (secondary N) is 1. The van der Waals surface area contributed by atoms with Crippen LogP contribution in [0.15, 0.2) is 10.9 Å². The molecule has 0 radical (unpaired) electrons. The Hall–Kier alpha value is -1.50. The number of thiocarbonyl (C=S) groups is 1. The highest BCUT2D eigenvalue weighted by Gasteiger charge is 2.43. The Morgan fingerprint density at radius 3 is 2.82 bits per heavy atom. The van der Waals surface area contributed by atoms with Crippen LogP contribution in [-0.4, -0.2) is 21.0 Å². The molecule has 0 spiro atoms. The van der Waals surface area contributed by atoms with Gasteiger partial charge in [-0.15, -0.1) is 0 Å². The first-order valence-electron chi connectivity index (χ1n) is 5.48. The number of carbonyl (C=O) groups excluding carboxylic acids is 1. The molecule has 7 heteroatoms. The van der Waals surface area contributed by atoms with Gasteiger partial charge >= 0.3 is 0 Å². The summed E-state index contributed by atoms with van der Waals surface area (Å²) < 4.78 is 4.58. The quantitative estimate of drug-likeness (QED) is 0.761.